The van der Waals surface area contributed by atoms with Crippen molar-refractivity contribution in [2.75, 3.05) is 13.1 Å². The molecule has 0 aliphatic carbocycles. The minimum atomic E-state index is -4.76. The van der Waals surface area contributed by atoms with Crippen LogP contribution in [-0.4, -0.2) is 46.9 Å². The topological polar surface area (TPSA) is 66.8 Å². The van der Waals surface area contributed by atoms with Crippen molar-refractivity contribution in [3.05, 3.63) is 0 Å². The lowest BCUT2D eigenvalue weighted by atomic mass is 9.77. The number of carbonyl (C=O) groups excluding carboxylic acids is 1. The number of hydrogen-bond acceptors (Lipinski definition) is 3. The second-order valence-corrected chi connectivity index (χ2v) is 5.85. The number of amides is 1. The summed E-state index contributed by atoms with van der Waals surface area (Å²) in [5.41, 5.74) is -3.65. The van der Waals surface area contributed by atoms with Gasteiger partial charge in [-0.25, -0.2) is 4.79 Å². The number of piperidine rings is 1. The first-order valence-electron chi connectivity index (χ1n) is 6.17. The molecule has 0 saturated carbocycles. The average molecular weight is 297 g/mol. The lowest BCUT2D eigenvalue weighted by molar-refractivity contribution is -0.249. The molecule has 0 aromatic rings. The van der Waals surface area contributed by atoms with Gasteiger partial charge in [-0.2, -0.15) is 13.2 Å². The van der Waals surface area contributed by atoms with Crippen molar-refractivity contribution >= 4 is 12.1 Å². The van der Waals surface area contributed by atoms with Gasteiger partial charge in [0.25, 0.3) is 0 Å². The van der Waals surface area contributed by atoms with Crippen molar-refractivity contribution in [2.24, 2.45) is 5.41 Å². The molecule has 0 aromatic heterocycles. The van der Waals surface area contributed by atoms with E-state index >= 15 is 0 Å². The molecule has 116 valence electrons. The molecule has 0 spiro atoms. The lowest BCUT2D eigenvalue weighted by Crippen LogP contribution is -2.55. The van der Waals surface area contributed by atoms with E-state index in [0.717, 1.165) is 4.90 Å². The Morgan fingerprint density at radius 2 is 1.60 bits per heavy atom. The van der Waals surface area contributed by atoms with E-state index in [1.165, 1.54) is 20.8 Å². The summed E-state index contributed by atoms with van der Waals surface area (Å²) < 4.78 is 44.7. The summed E-state index contributed by atoms with van der Waals surface area (Å²) >= 11 is 0. The maximum atomic E-state index is 13.3. The van der Waals surface area contributed by atoms with Crippen LogP contribution in [0.5, 0.6) is 0 Å². The second-order valence-electron chi connectivity index (χ2n) is 5.85. The number of ether oxygens (including phenoxy) is 1. The van der Waals surface area contributed by atoms with Crippen molar-refractivity contribution < 1.29 is 32.6 Å². The molecule has 1 N–H and O–H groups in total. The lowest BCUT2D eigenvalue weighted by Gasteiger charge is -2.41. The van der Waals surface area contributed by atoms with Gasteiger partial charge in [0.2, 0.25) is 0 Å². The molecule has 1 heterocycles. The monoisotopic (exact) mass is 297 g/mol. The SMILES string of the molecule is CC(C)(C)OC(=O)C1(C(F)(F)F)CCN(C(=O)O)CC1. The largest absolute Gasteiger partial charge is 0.465 e. The molecule has 1 fully saturated rings. The maximum absolute atomic E-state index is 13.3. The molecule has 0 aromatic carbocycles. The molecule has 0 atom stereocenters. The van der Waals surface area contributed by atoms with Gasteiger partial charge in [0.1, 0.15) is 5.60 Å². The van der Waals surface area contributed by atoms with E-state index in [1.54, 1.807) is 0 Å². The van der Waals surface area contributed by atoms with Gasteiger partial charge in [0.15, 0.2) is 5.41 Å². The first-order valence-corrected chi connectivity index (χ1v) is 6.17. The van der Waals surface area contributed by atoms with Crippen LogP contribution in [0, 0.1) is 5.41 Å². The van der Waals surface area contributed by atoms with Crippen molar-refractivity contribution in [3.8, 4) is 0 Å². The molecule has 5 nitrogen and oxygen atoms in total. The summed E-state index contributed by atoms with van der Waals surface area (Å²) in [5, 5.41) is 8.76. The van der Waals surface area contributed by atoms with E-state index in [-0.39, 0.29) is 13.1 Å². The van der Waals surface area contributed by atoms with Crippen LogP contribution in [0.3, 0.4) is 0 Å². The van der Waals surface area contributed by atoms with Crippen LogP contribution in [0.4, 0.5) is 18.0 Å². The number of halogens is 3. The molecule has 0 radical (unpaired) electrons. The quantitative estimate of drug-likeness (QED) is 0.756. The third-order valence-electron chi connectivity index (χ3n) is 3.22. The van der Waals surface area contributed by atoms with Gasteiger partial charge in [-0.3, -0.25) is 4.79 Å². The Kier molecular flexibility index (Phi) is 4.26. The van der Waals surface area contributed by atoms with Crippen LogP contribution in [-0.2, 0) is 9.53 Å². The highest BCUT2D eigenvalue weighted by Crippen LogP contribution is 2.47. The zero-order chi connectivity index (χ0) is 15.8. The van der Waals surface area contributed by atoms with Gasteiger partial charge < -0.3 is 14.7 Å². The Morgan fingerprint density at radius 1 is 1.15 bits per heavy atom. The van der Waals surface area contributed by atoms with Crippen LogP contribution in [0.25, 0.3) is 0 Å². The predicted octanol–water partition coefficient (Wildman–Crippen LogP) is 2.65. The molecule has 1 amide bonds. The van der Waals surface area contributed by atoms with Crippen LogP contribution in [0.1, 0.15) is 33.6 Å². The molecular formula is C12H18F3NO4. The van der Waals surface area contributed by atoms with Gasteiger partial charge >= 0.3 is 18.2 Å². The molecule has 1 rings (SSSR count). The fourth-order valence-corrected chi connectivity index (χ4v) is 2.06. The van der Waals surface area contributed by atoms with Crippen LogP contribution >= 0.6 is 0 Å². The smallest absolute Gasteiger partial charge is 0.407 e. The number of hydrogen-bond donors (Lipinski definition) is 1. The number of likely N-dealkylation sites (tertiary alicyclic amines) is 1. The summed E-state index contributed by atoms with van der Waals surface area (Å²) in [6.45, 7) is 3.78. The normalized spacial score (nSPS) is 19.6. The summed E-state index contributed by atoms with van der Waals surface area (Å²) in [4.78, 5) is 23.6. The highest BCUT2D eigenvalue weighted by Gasteiger charge is 2.62. The zero-order valence-electron chi connectivity index (χ0n) is 11.6. The molecule has 0 unspecified atom stereocenters. The third-order valence-corrected chi connectivity index (χ3v) is 3.22. The summed E-state index contributed by atoms with van der Waals surface area (Å²) in [5.74, 6) is -1.33. The number of alkyl halides is 3. The fourth-order valence-electron chi connectivity index (χ4n) is 2.06. The first-order chi connectivity index (χ1) is 8.89. The Morgan fingerprint density at radius 3 is 1.90 bits per heavy atom. The number of rotatable bonds is 1. The van der Waals surface area contributed by atoms with E-state index in [9.17, 15) is 22.8 Å². The number of carboxylic acid groups (broad SMARTS) is 1. The van der Waals surface area contributed by atoms with Gasteiger partial charge in [-0.05, 0) is 33.6 Å². The van der Waals surface area contributed by atoms with Crippen molar-refractivity contribution in [1.82, 2.24) is 4.90 Å². The molecule has 1 aliphatic rings. The molecular weight excluding hydrogens is 279 g/mol. The number of esters is 1. The van der Waals surface area contributed by atoms with E-state index in [0.29, 0.717) is 0 Å². The second kappa shape index (κ2) is 5.14. The van der Waals surface area contributed by atoms with Crippen LogP contribution in [0.15, 0.2) is 0 Å². The predicted molar refractivity (Wildman–Crippen MR) is 63.2 cm³/mol. The van der Waals surface area contributed by atoms with Gasteiger partial charge in [0, 0.05) is 13.1 Å². The molecule has 0 bridgehead atoms. The molecule has 1 aliphatic heterocycles. The van der Waals surface area contributed by atoms with Crippen molar-refractivity contribution in [3.63, 3.8) is 0 Å². The van der Waals surface area contributed by atoms with E-state index < -0.39 is 42.1 Å². The van der Waals surface area contributed by atoms with Gasteiger partial charge in [0.05, 0.1) is 0 Å². The highest BCUT2D eigenvalue weighted by atomic mass is 19.4. The Balaban J connectivity index is 2.97. The number of nitrogens with zero attached hydrogens (tertiary/aromatic N) is 1. The summed E-state index contributed by atoms with van der Waals surface area (Å²) in [7, 11) is 0. The Hall–Kier alpha value is -1.47. The fraction of sp³-hybridized carbons (Fsp3) is 0.833. The average Bonchev–Trinajstić information content (AvgIpc) is 2.25. The molecule has 8 heteroatoms. The van der Waals surface area contributed by atoms with E-state index in [2.05, 4.69) is 0 Å². The molecule has 20 heavy (non-hydrogen) atoms. The molecule has 1 saturated heterocycles. The maximum Gasteiger partial charge on any atom is 0.407 e. The Bertz CT molecular complexity index is 392. The third kappa shape index (κ3) is 3.34. The van der Waals surface area contributed by atoms with E-state index in [4.69, 9.17) is 9.84 Å². The van der Waals surface area contributed by atoms with E-state index in [1.807, 2.05) is 0 Å². The van der Waals surface area contributed by atoms with Crippen molar-refractivity contribution in [2.45, 2.75) is 45.4 Å². The summed E-state index contributed by atoms with van der Waals surface area (Å²) in [6, 6.07) is 0. The highest BCUT2D eigenvalue weighted by molar-refractivity contribution is 5.79. The minimum Gasteiger partial charge on any atom is -0.465 e. The first kappa shape index (κ1) is 16.6. The Labute approximate surface area is 114 Å². The van der Waals surface area contributed by atoms with Crippen LogP contribution in [0.2, 0.25) is 0 Å². The van der Waals surface area contributed by atoms with Crippen molar-refractivity contribution in [1.29, 1.82) is 0 Å². The standard InChI is InChI=1S/C12H18F3NO4/c1-10(2,3)20-8(17)11(12(13,14)15)4-6-16(7-5-11)9(18)19/h4-7H2,1-3H3,(H,18,19). The zero-order valence-corrected chi connectivity index (χ0v) is 11.6. The van der Waals surface area contributed by atoms with Crippen LogP contribution < -0.4 is 0 Å². The summed E-state index contributed by atoms with van der Waals surface area (Å²) in [6.07, 6.45) is -7.28. The van der Waals surface area contributed by atoms with Gasteiger partial charge in [-0.15, -0.1) is 0 Å². The minimum absolute atomic E-state index is 0.339. The number of carbonyl (C=O) groups is 2. The van der Waals surface area contributed by atoms with Gasteiger partial charge in [-0.1, -0.05) is 0 Å².